The maximum Gasteiger partial charge on any atom is 0.313 e. The summed E-state index contributed by atoms with van der Waals surface area (Å²) in [4.78, 5) is 26.6. The van der Waals surface area contributed by atoms with Crippen molar-refractivity contribution in [3.63, 3.8) is 0 Å². The fourth-order valence-electron chi connectivity index (χ4n) is 4.24. The third kappa shape index (κ3) is 3.35. The molecule has 0 spiro atoms. The minimum absolute atomic E-state index is 0.0332. The number of ether oxygens (including phenoxy) is 1. The van der Waals surface area contributed by atoms with Crippen molar-refractivity contribution >= 4 is 11.9 Å². The van der Waals surface area contributed by atoms with Crippen LogP contribution < -0.4 is 0 Å². The molecule has 1 aromatic rings. The second-order valence-corrected chi connectivity index (χ2v) is 8.04. The molecule has 1 aliphatic carbocycles. The molecule has 2 fully saturated rings. The first-order chi connectivity index (χ1) is 11.8. The van der Waals surface area contributed by atoms with Crippen molar-refractivity contribution in [3.8, 4) is 0 Å². The number of hydrogen-bond acceptors (Lipinski definition) is 3. The van der Waals surface area contributed by atoms with E-state index in [0.29, 0.717) is 30.9 Å². The van der Waals surface area contributed by atoms with Crippen molar-refractivity contribution in [3.05, 3.63) is 47.5 Å². The minimum Gasteiger partial charge on any atom is -0.465 e. The Morgan fingerprint density at radius 3 is 2.68 bits per heavy atom. The lowest BCUT2D eigenvalue weighted by atomic mass is 9.75. The molecular formula is C21H27NO3. The van der Waals surface area contributed by atoms with Gasteiger partial charge in [-0.15, -0.1) is 0 Å². The van der Waals surface area contributed by atoms with Gasteiger partial charge in [-0.25, -0.2) is 0 Å². The molecular weight excluding hydrogens is 314 g/mol. The number of carbonyl (C=O) groups is 2. The Balaban J connectivity index is 1.74. The van der Waals surface area contributed by atoms with Gasteiger partial charge in [0.05, 0.1) is 12.0 Å². The van der Waals surface area contributed by atoms with Crippen LogP contribution in [0.15, 0.2) is 36.4 Å². The normalized spacial score (nSPS) is 25.2. The van der Waals surface area contributed by atoms with Crippen molar-refractivity contribution in [2.45, 2.75) is 33.1 Å². The molecule has 25 heavy (non-hydrogen) atoms. The average Bonchev–Trinajstić information content (AvgIpc) is 3.02. The van der Waals surface area contributed by atoms with Crippen molar-refractivity contribution in [2.24, 2.45) is 17.3 Å². The number of nitrogens with zero attached hydrogens (tertiary/aromatic N) is 1. The van der Waals surface area contributed by atoms with Crippen molar-refractivity contribution in [2.75, 3.05) is 20.2 Å². The van der Waals surface area contributed by atoms with Gasteiger partial charge in [0, 0.05) is 25.1 Å². The zero-order chi connectivity index (χ0) is 18.2. The fraction of sp³-hybridized carbons (Fsp3) is 0.524. The highest BCUT2D eigenvalue weighted by Crippen LogP contribution is 2.52. The van der Waals surface area contributed by atoms with Crippen molar-refractivity contribution < 1.29 is 14.3 Å². The lowest BCUT2D eigenvalue weighted by molar-refractivity contribution is -0.146. The van der Waals surface area contributed by atoms with E-state index in [4.69, 9.17) is 4.74 Å². The molecule has 1 saturated carbocycles. The molecule has 4 heteroatoms. The molecule has 1 saturated heterocycles. The van der Waals surface area contributed by atoms with Gasteiger partial charge >= 0.3 is 5.97 Å². The summed E-state index contributed by atoms with van der Waals surface area (Å²) in [6.07, 6.45) is 2.25. The van der Waals surface area contributed by atoms with Crippen LogP contribution in [0.3, 0.4) is 0 Å². The second kappa shape index (κ2) is 6.66. The van der Waals surface area contributed by atoms with Crippen molar-refractivity contribution in [1.82, 2.24) is 4.90 Å². The Hall–Kier alpha value is -2.10. The van der Waals surface area contributed by atoms with Gasteiger partial charge in [-0.3, -0.25) is 9.59 Å². The maximum absolute atomic E-state index is 12.5. The summed E-state index contributed by atoms with van der Waals surface area (Å²) >= 11 is 0. The van der Waals surface area contributed by atoms with Crippen LogP contribution in [0.1, 0.15) is 42.6 Å². The van der Waals surface area contributed by atoms with Crippen LogP contribution in [0.25, 0.3) is 0 Å². The molecule has 1 aliphatic heterocycles. The number of amides is 1. The molecule has 2 atom stereocenters. The summed E-state index contributed by atoms with van der Waals surface area (Å²) < 4.78 is 5.33. The average molecular weight is 341 g/mol. The van der Waals surface area contributed by atoms with Crippen LogP contribution in [0.2, 0.25) is 0 Å². The zero-order valence-corrected chi connectivity index (χ0v) is 15.4. The van der Waals surface area contributed by atoms with Gasteiger partial charge in [-0.05, 0) is 42.9 Å². The van der Waals surface area contributed by atoms with E-state index in [0.717, 1.165) is 24.1 Å². The number of fused-ring (bicyclic) bond motifs is 1. The van der Waals surface area contributed by atoms with Crippen LogP contribution in [0, 0.1) is 17.3 Å². The summed E-state index contributed by atoms with van der Waals surface area (Å²) in [6.45, 7) is 9.52. The Kier molecular flexibility index (Phi) is 4.72. The Morgan fingerprint density at radius 2 is 2.04 bits per heavy atom. The van der Waals surface area contributed by atoms with Gasteiger partial charge in [0.1, 0.15) is 0 Å². The van der Waals surface area contributed by atoms with E-state index < -0.39 is 5.41 Å². The van der Waals surface area contributed by atoms with Gasteiger partial charge in [0.2, 0.25) is 0 Å². The van der Waals surface area contributed by atoms with Gasteiger partial charge < -0.3 is 9.64 Å². The van der Waals surface area contributed by atoms with Gasteiger partial charge in [-0.1, -0.05) is 38.1 Å². The number of benzene rings is 1. The van der Waals surface area contributed by atoms with E-state index in [-0.39, 0.29) is 17.8 Å². The largest absolute Gasteiger partial charge is 0.465 e. The fourth-order valence-corrected chi connectivity index (χ4v) is 4.24. The van der Waals surface area contributed by atoms with E-state index in [1.165, 1.54) is 0 Å². The Morgan fingerprint density at radius 1 is 1.36 bits per heavy atom. The molecule has 4 nitrogen and oxygen atoms in total. The number of carbonyl (C=O) groups excluding carboxylic acids is 2. The predicted octanol–water partition coefficient (Wildman–Crippen LogP) is 3.47. The SMILES string of the molecule is C=C1CC2COC(=O)C2(Cc2ccc(C(=O)N(C)CC(C)C)cc2)C1. The van der Waals surface area contributed by atoms with E-state index in [2.05, 4.69) is 20.4 Å². The Labute approximate surface area is 149 Å². The number of hydrogen-bond donors (Lipinski definition) is 0. The standard InChI is InChI=1S/C21H27NO3/c1-14(2)12-22(4)19(23)17-7-5-16(6-8-17)11-21-10-15(3)9-18(21)13-25-20(21)24/h5-8,14,18H,3,9-13H2,1-2,4H3. The summed E-state index contributed by atoms with van der Waals surface area (Å²) in [7, 11) is 1.83. The van der Waals surface area contributed by atoms with E-state index in [1.54, 1.807) is 4.90 Å². The molecule has 2 aliphatic rings. The van der Waals surface area contributed by atoms with Gasteiger partial charge in [0.25, 0.3) is 5.91 Å². The van der Waals surface area contributed by atoms with Crippen LogP contribution in [0.4, 0.5) is 0 Å². The molecule has 134 valence electrons. The van der Waals surface area contributed by atoms with Crippen molar-refractivity contribution in [1.29, 1.82) is 0 Å². The topological polar surface area (TPSA) is 46.6 Å². The minimum atomic E-state index is -0.447. The molecule has 0 N–H and O–H groups in total. The molecule has 1 aromatic carbocycles. The highest BCUT2D eigenvalue weighted by Gasteiger charge is 2.55. The lowest BCUT2D eigenvalue weighted by Gasteiger charge is -2.24. The summed E-state index contributed by atoms with van der Waals surface area (Å²) in [5, 5.41) is 0. The number of allylic oxidation sites excluding steroid dienone is 1. The van der Waals surface area contributed by atoms with Crippen LogP contribution >= 0.6 is 0 Å². The highest BCUT2D eigenvalue weighted by molar-refractivity contribution is 5.94. The smallest absolute Gasteiger partial charge is 0.313 e. The van der Waals surface area contributed by atoms with E-state index in [9.17, 15) is 9.59 Å². The molecule has 0 radical (unpaired) electrons. The summed E-state index contributed by atoms with van der Waals surface area (Å²) in [6, 6.07) is 7.66. The highest BCUT2D eigenvalue weighted by atomic mass is 16.5. The van der Waals surface area contributed by atoms with E-state index >= 15 is 0 Å². The maximum atomic E-state index is 12.5. The second-order valence-electron chi connectivity index (χ2n) is 8.04. The van der Waals surface area contributed by atoms with Crippen LogP contribution in [0.5, 0.6) is 0 Å². The quantitative estimate of drug-likeness (QED) is 0.608. The number of cyclic esters (lactones) is 1. The third-order valence-corrected chi connectivity index (χ3v) is 5.41. The van der Waals surface area contributed by atoms with E-state index in [1.807, 2.05) is 31.3 Å². The molecule has 1 heterocycles. The third-order valence-electron chi connectivity index (χ3n) is 5.41. The molecule has 1 amide bonds. The van der Waals surface area contributed by atoms with Gasteiger partial charge in [-0.2, -0.15) is 0 Å². The predicted molar refractivity (Wildman–Crippen MR) is 97.2 cm³/mol. The van der Waals surface area contributed by atoms with Crippen LogP contribution in [-0.4, -0.2) is 37.0 Å². The monoisotopic (exact) mass is 341 g/mol. The summed E-state index contributed by atoms with van der Waals surface area (Å²) in [5.74, 6) is 0.623. The lowest BCUT2D eigenvalue weighted by Crippen LogP contribution is -2.32. The zero-order valence-electron chi connectivity index (χ0n) is 15.4. The summed E-state index contributed by atoms with van der Waals surface area (Å²) in [5.41, 5.74) is 2.45. The number of esters is 1. The Bertz CT molecular complexity index is 692. The molecule has 0 aromatic heterocycles. The number of rotatable bonds is 5. The van der Waals surface area contributed by atoms with Gasteiger partial charge in [0.15, 0.2) is 0 Å². The van der Waals surface area contributed by atoms with Crippen LogP contribution in [-0.2, 0) is 16.0 Å². The first-order valence-corrected chi connectivity index (χ1v) is 9.00. The molecule has 2 unspecified atom stereocenters. The first kappa shape index (κ1) is 17.7. The first-order valence-electron chi connectivity index (χ1n) is 9.00. The molecule has 3 rings (SSSR count). The molecule has 0 bridgehead atoms.